The lowest BCUT2D eigenvalue weighted by Gasteiger charge is -2.11. The van der Waals surface area contributed by atoms with Gasteiger partial charge >= 0.3 is 0 Å². The second-order valence-corrected chi connectivity index (χ2v) is 4.74. The molecule has 4 nitrogen and oxygen atoms in total. The Labute approximate surface area is 117 Å². The largest absolute Gasteiger partial charge is 0.376 e. The van der Waals surface area contributed by atoms with Gasteiger partial charge in [-0.2, -0.15) is 0 Å². The van der Waals surface area contributed by atoms with E-state index in [9.17, 15) is 4.79 Å². The molecule has 1 saturated heterocycles. The quantitative estimate of drug-likeness (QED) is 0.938. The maximum absolute atomic E-state index is 11.1. The molecular formula is C14H17ClN2O2. The lowest BCUT2D eigenvalue weighted by Crippen LogP contribution is -2.14. The van der Waals surface area contributed by atoms with Crippen molar-refractivity contribution in [2.45, 2.75) is 25.5 Å². The standard InChI is InChI=1S/C14H16N2O2.ClH/c15-14(17)11-3-4-13-10(8-11)5-6-16(13)9-12-2-1-7-18-12;/h3-6,8,12H,1-2,7,9H2,(H2,15,17);1H. The van der Waals surface area contributed by atoms with Crippen LogP contribution in [0.3, 0.4) is 0 Å². The molecule has 1 aromatic carbocycles. The van der Waals surface area contributed by atoms with Crippen molar-refractivity contribution in [3.63, 3.8) is 0 Å². The Morgan fingerprint density at radius 2 is 2.26 bits per heavy atom. The van der Waals surface area contributed by atoms with Gasteiger partial charge in [0.1, 0.15) is 0 Å². The number of hydrogen-bond acceptors (Lipinski definition) is 2. The van der Waals surface area contributed by atoms with Crippen molar-refractivity contribution in [3.05, 3.63) is 36.0 Å². The number of primary amides is 1. The zero-order valence-electron chi connectivity index (χ0n) is 10.5. The average Bonchev–Trinajstić information content (AvgIpc) is 2.99. The van der Waals surface area contributed by atoms with Crippen LogP contribution in [-0.4, -0.2) is 23.2 Å². The van der Waals surface area contributed by atoms with Crippen molar-refractivity contribution in [3.8, 4) is 0 Å². The smallest absolute Gasteiger partial charge is 0.248 e. The molecule has 0 aliphatic carbocycles. The van der Waals surface area contributed by atoms with Gasteiger partial charge in [-0.15, -0.1) is 12.4 Å². The predicted octanol–water partition coefficient (Wildman–Crippen LogP) is 2.34. The second-order valence-electron chi connectivity index (χ2n) is 4.74. The summed E-state index contributed by atoms with van der Waals surface area (Å²) in [5.74, 6) is -0.385. The molecule has 1 fully saturated rings. The number of ether oxygens (including phenoxy) is 1. The number of hydrogen-bond donors (Lipinski definition) is 1. The lowest BCUT2D eigenvalue weighted by molar-refractivity contribution is 0.0979. The molecule has 2 aromatic rings. The van der Waals surface area contributed by atoms with Gasteiger partial charge in [0, 0.05) is 35.8 Å². The Kier molecular flexibility index (Phi) is 4.12. The summed E-state index contributed by atoms with van der Waals surface area (Å²) in [6.07, 6.45) is 4.63. The third kappa shape index (κ3) is 2.74. The van der Waals surface area contributed by atoms with Crippen molar-refractivity contribution in [1.29, 1.82) is 0 Å². The normalized spacial score (nSPS) is 18.4. The zero-order valence-corrected chi connectivity index (χ0v) is 11.4. The summed E-state index contributed by atoms with van der Waals surface area (Å²) >= 11 is 0. The number of carbonyl (C=O) groups excluding carboxylic acids is 1. The van der Waals surface area contributed by atoms with E-state index in [0.717, 1.165) is 36.9 Å². The van der Waals surface area contributed by atoms with E-state index in [4.69, 9.17) is 10.5 Å². The van der Waals surface area contributed by atoms with Crippen LogP contribution in [0.5, 0.6) is 0 Å². The number of benzene rings is 1. The SMILES string of the molecule is Cl.NC(=O)c1ccc2c(ccn2CC2CCCO2)c1. The first kappa shape index (κ1) is 13.9. The molecule has 1 atom stereocenters. The van der Waals surface area contributed by atoms with Gasteiger partial charge in [0.05, 0.1) is 6.10 Å². The van der Waals surface area contributed by atoms with Crippen molar-refractivity contribution in [1.82, 2.24) is 4.57 Å². The first-order valence-electron chi connectivity index (χ1n) is 6.24. The summed E-state index contributed by atoms with van der Waals surface area (Å²) < 4.78 is 7.82. The van der Waals surface area contributed by atoms with Crippen molar-refractivity contribution >= 4 is 29.2 Å². The molecule has 1 unspecified atom stereocenters. The van der Waals surface area contributed by atoms with Crippen molar-refractivity contribution in [2.75, 3.05) is 6.61 Å². The van der Waals surface area contributed by atoms with Gasteiger partial charge < -0.3 is 15.0 Å². The number of aromatic nitrogens is 1. The highest BCUT2D eigenvalue weighted by Crippen LogP contribution is 2.21. The molecule has 19 heavy (non-hydrogen) atoms. The Hall–Kier alpha value is -1.52. The molecule has 1 aromatic heterocycles. The molecule has 2 N–H and O–H groups in total. The summed E-state index contributed by atoms with van der Waals surface area (Å²) in [6, 6.07) is 7.57. The van der Waals surface area contributed by atoms with E-state index in [0.29, 0.717) is 11.7 Å². The molecule has 0 radical (unpaired) electrons. The lowest BCUT2D eigenvalue weighted by atomic mass is 10.1. The minimum absolute atomic E-state index is 0. The van der Waals surface area contributed by atoms with Crippen LogP contribution in [0.15, 0.2) is 30.5 Å². The van der Waals surface area contributed by atoms with Gasteiger partial charge in [-0.1, -0.05) is 0 Å². The van der Waals surface area contributed by atoms with Crippen LogP contribution in [0.25, 0.3) is 10.9 Å². The monoisotopic (exact) mass is 280 g/mol. The van der Waals surface area contributed by atoms with Crippen LogP contribution in [0.4, 0.5) is 0 Å². The molecule has 0 bridgehead atoms. The van der Waals surface area contributed by atoms with Crippen LogP contribution in [0.1, 0.15) is 23.2 Å². The van der Waals surface area contributed by atoms with Gasteiger partial charge in [0.25, 0.3) is 0 Å². The van der Waals surface area contributed by atoms with Crippen molar-refractivity contribution < 1.29 is 9.53 Å². The highest BCUT2D eigenvalue weighted by Gasteiger charge is 2.16. The molecule has 0 saturated carbocycles. The number of nitrogens with zero attached hydrogens (tertiary/aromatic N) is 1. The minimum atomic E-state index is -0.385. The Morgan fingerprint density at radius 1 is 1.42 bits per heavy atom. The summed E-state index contributed by atoms with van der Waals surface area (Å²) in [4.78, 5) is 11.1. The fraction of sp³-hybridized carbons (Fsp3) is 0.357. The molecule has 1 amide bonds. The van der Waals surface area contributed by atoms with E-state index in [1.165, 1.54) is 0 Å². The van der Waals surface area contributed by atoms with Gasteiger partial charge in [0.2, 0.25) is 5.91 Å². The number of nitrogens with two attached hydrogens (primary N) is 1. The third-order valence-corrected chi connectivity index (χ3v) is 3.48. The van der Waals surface area contributed by atoms with Crippen LogP contribution < -0.4 is 5.73 Å². The van der Waals surface area contributed by atoms with Gasteiger partial charge in [-0.3, -0.25) is 4.79 Å². The number of fused-ring (bicyclic) bond motifs is 1. The maximum atomic E-state index is 11.1. The van der Waals surface area contributed by atoms with E-state index in [2.05, 4.69) is 4.57 Å². The fourth-order valence-electron chi connectivity index (χ4n) is 2.52. The fourth-order valence-corrected chi connectivity index (χ4v) is 2.52. The summed E-state index contributed by atoms with van der Waals surface area (Å²) in [7, 11) is 0. The van der Waals surface area contributed by atoms with Crippen molar-refractivity contribution in [2.24, 2.45) is 5.73 Å². The molecule has 102 valence electrons. The van der Waals surface area contributed by atoms with E-state index >= 15 is 0 Å². The first-order valence-corrected chi connectivity index (χ1v) is 6.24. The molecule has 0 spiro atoms. The molecule has 1 aliphatic rings. The molecule has 3 rings (SSSR count). The van der Waals surface area contributed by atoms with E-state index < -0.39 is 0 Å². The molecule has 2 heterocycles. The Morgan fingerprint density at radius 3 is 2.95 bits per heavy atom. The third-order valence-electron chi connectivity index (χ3n) is 3.48. The van der Waals surface area contributed by atoms with E-state index in [1.54, 1.807) is 6.07 Å². The molecule has 1 aliphatic heterocycles. The number of amides is 1. The van der Waals surface area contributed by atoms with Gasteiger partial charge in [0.15, 0.2) is 0 Å². The summed E-state index contributed by atoms with van der Waals surface area (Å²) in [5.41, 5.74) is 6.95. The second kappa shape index (κ2) is 5.63. The minimum Gasteiger partial charge on any atom is -0.376 e. The highest BCUT2D eigenvalue weighted by molar-refractivity contribution is 5.97. The molecular weight excluding hydrogens is 264 g/mol. The first-order chi connectivity index (χ1) is 8.74. The molecule has 5 heteroatoms. The Balaban J connectivity index is 0.00000133. The van der Waals surface area contributed by atoms with E-state index in [-0.39, 0.29) is 18.3 Å². The predicted molar refractivity (Wildman–Crippen MR) is 76.7 cm³/mol. The van der Waals surface area contributed by atoms with E-state index in [1.807, 2.05) is 24.4 Å². The van der Waals surface area contributed by atoms with Crippen LogP contribution in [0, 0.1) is 0 Å². The van der Waals surface area contributed by atoms with Gasteiger partial charge in [-0.25, -0.2) is 0 Å². The number of halogens is 1. The highest BCUT2D eigenvalue weighted by atomic mass is 35.5. The number of rotatable bonds is 3. The van der Waals surface area contributed by atoms with Gasteiger partial charge in [-0.05, 0) is 37.1 Å². The summed E-state index contributed by atoms with van der Waals surface area (Å²) in [6.45, 7) is 1.75. The Bertz CT molecular complexity index is 588. The average molecular weight is 281 g/mol. The maximum Gasteiger partial charge on any atom is 0.248 e. The van der Waals surface area contributed by atoms with Crippen LogP contribution in [-0.2, 0) is 11.3 Å². The zero-order chi connectivity index (χ0) is 12.5. The summed E-state index contributed by atoms with van der Waals surface area (Å²) in [5, 5.41) is 1.05. The number of carbonyl (C=O) groups is 1. The topological polar surface area (TPSA) is 57.2 Å². The van der Waals surface area contributed by atoms with Crippen LogP contribution >= 0.6 is 12.4 Å². The van der Waals surface area contributed by atoms with Crippen LogP contribution in [0.2, 0.25) is 0 Å².